The summed E-state index contributed by atoms with van der Waals surface area (Å²) in [6.07, 6.45) is 0. The number of benzene rings is 3. The maximum Gasteiger partial charge on any atom is 0.235 e. The van der Waals surface area contributed by atoms with Crippen LogP contribution >= 0.6 is 23.2 Å². The number of halogens is 2. The molecule has 0 spiro atoms. The van der Waals surface area contributed by atoms with Crippen molar-refractivity contribution in [2.45, 2.75) is 27.4 Å². The normalized spacial score (nSPS) is 11.1. The van der Waals surface area contributed by atoms with Gasteiger partial charge in [0.25, 0.3) is 0 Å². The molecule has 5 heteroatoms. The fraction of sp³-hybridized carbons (Fsp3) is 0.160. The van der Waals surface area contributed by atoms with Crippen LogP contribution in [-0.4, -0.2) is 0 Å². The Morgan fingerprint density at radius 3 is 2.33 bits per heavy atom. The summed E-state index contributed by atoms with van der Waals surface area (Å²) in [7, 11) is 0. The number of hydrogen-bond acceptors (Lipinski definition) is 3. The first-order chi connectivity index (χ1) is 14.3. The molecule has 0 fully saturated rings. The van der Waals surface area contributed by atoms with E-state index >= 15 is 0 Å². The molecule has 0 N–H and O–H groups in total. The average Bonchev–Trinajstić information content (AvgIpc) is 2.69. The van der Waals surface area contributed by atoms with Gasteiger partial charge in [-0.2, -0.15) is 0 Å². The molecule has 0 radical (unpaired) electrons. The molecule has 1 aromatic heterocycles. The van der Waals surface area contributed by atoms with E-state index in [0.29, 0.717) is 26.8 Å². The minimum atomic E-state index is -0.205. The molecular formula is C25H20Cl2O3. The lowest BCUT2D eigenvalue weighted by Crippen LogP contribution is -2.11. The van der Waals surface area contributed by atoms with Crippen molar-refractivity contribution < 1.29 is 9.15 Å². The van der Waals surface area contributed by atoms with Gasteiger partial charge in [-0.05, 0) is 50.1 Å². The van der Waals surface area contributed by atoms with Gasteiger partial charge in [0.2, 0.25) is 11.2 Å². The molecule has 0 unspecified atom stereocenters. The Morgan fingerprint density at radius 1 is 0.900 bits per heavy atom. The summed E-state index contributed by atoms with van der Waals surface area (Å²) >= 11 is 12.3. The third-order valence-electron chi connectivity index (χ3n) is 4.98. The van der Waals surface area contributed by atoms with Gasteiger partial charge in [0.1, 0.15) is 12.2 Å². The Balaban J connectivity index is 1.88. The van der Waals surface area contributed by atoms with Crippen LogP contribution in [0, 0.1) is 20.8 Å². The highest BCUT2D eigenvalue weighted by Gasteiger charge is 2.19. The van der Waals surface area contributed by atoms with Crippen molar-refractivity contribution in [2.75, 3.05) is 0 Å². The van der Waals surface area contributed by atoms with Crippen molar-refractivity contribution in [3.63, 3.8) is 0 Å². The molecule has 4 rings (SSSR count). The zero-order valence-electron chi connectivity index (χ0n) is 16.9. The van der Waals surface area contributed by atoms with E-state index in [1.165, 1.54) is 0 Å². The number of ether oxygens (including phenoxy) is 1. The zero-order chi connectivity index (χ0) is 21.4. The summed E-state index contributed by atoms with van der Waals surface area (Å²) < 4.78 is 12.3. The first-order valence-corrected chi connectivity index (χ1v) is 10.3. The van der Waals surface area contributed by atoms with Crippen molar-refractivity contribution in [3.8, 4) is 17.1 Å². The summed E-state index contributed by atoms with van der Waals surface area (Å²) in [5.41, 5.74) is 4.88. The molecule has 0 saturated heterocycles. The number of fused-ring (bicyclic) bond motifs is 1. The monoisotopic (exact) mass is 438 g/mol. The maximum atomic E-state index is 13.4. The lowest BCUT2D eigenvalue weighted by molar-refractivity contribution is 0.298. The molecule has 0 saturated carbocycles. The van der Waals surface area contributed by atoms with Crippen LogP contribution in [0.3, 0.4) is 0 Å². The number of hydrogen-bond donors (Lipinski definition) is 0. The molecule has 0 amide bonds. The lowest BCUT2D eigenvalue weighted by Gasteiger charge is -2.14. The molecule has 0 bridgehead atoms. The summed E-state index contributed by atoms with van der Waals surface area (Å²) in [5.74, 6) is 0.576. The average molecular weight is 439 g/mol. The van der Waals surface area contributed by atoms with Crippen molar-refractivity contribution in [1.82, 2.24) is 0 Å². The van der Waals surface area contributed by atoms with Gasteiger partial charge >= 0.3 is 0 Å². The Kier molecular flexibility index (Phi) is 5.59. The van der Waals surface area contributed by atoms with E-state index in [0.717, 1.165) is 27.8 Å². The molecule has 3 aromatic carbocycles. The fourth-order valence-electron chi connectivity index (χ4n) is 3.45. The van der Waals surface area contributed by atoms with E-state index in [-0.39, 0.29) is 17.8 Å². The van der Waals surface area contributed by atoms with Crippen molar-refractivity contribution in [1.29, 1.82) is 0 Å². The fourth-order valence-corrected chi connectivity index (χ4v) is 3.91. The molecule has 0 aliphatic rings. The smallest absolute Gasteiger partial charge is 0.235 e. The van der Waals surface area contributed by atoms with Gasteiger partial charge < -0.3 is 9.15 Å². The third-order valence-corrected chi connectivity index (χ3v) is 5.57. The second-order valence-corrected chi connectivity index (χ2v) is 8.28. The largest absolute Gasteiger partial charge is 0.481 e. The molecule has 4 aromatic rings. The van der Waals surface area contributed by atoms with Crippen LogP contribution in [0.5, 0.6) is 5.75 Å². The van der Waals surface area contributed by atoms with Gasteiger partial charge in [-0.3, -0.25) is 4.79 Å². The maximum absolute atomic E-state index is 13.4. The third kappa shape index (κ3) is 3.96. The Hall–Kier alpha value is -2.75. The molecule has 30 heavy (non-hydrogen) atoms. The standard InChI is InChI=1S/C25H20Cl2O3/c1-14-4-6-17(7-5-14)24-25(29-13-18-8-9-19(26)12-21(18)27)22(28)20-11-15(2)10-16(3)23(20)30-24/h4-12H,13H2,1-3H3. The first-order valence-electron chi connectivity index (χ1n) is 9.55. The topological polar surface area (TPSA) is 39.4 Å². The number of rotatable bonds is 4. The second kappa shape index (κ2) is 8.17. The van der Waals surface area contributed by atoms with Crippen molar-refractivity contribution >= 4 is 34.2 Å². The first kappa shape index (κ1) is 20.5. The minimum Gasteiger partial charge on any atom is -0.481 e. The van der Waals surface area contributed by atoms with E-state index < -0.39 is 0 Å². The Morgan fingerprint density at radius 2 is 1.63 bits per heavy atom. The summed E-state index contributed by atoms with van der Waals surface area (Å²) in [6.45, 7) is 6.02. The Labute approximate surface area is 184 Å². The van der Waals surface area contributed by atoms with E-state index in [1.807, 2.05) is 57.2 Å². The van der Waals surface area contributed by atoms with Crippen LogP contribution in [0.15, 0.2) is 63.8 Å². The number of aryl methyl sites for hydroxylation is 3. The summed E-state index contributed by atoms with van der Waals surface area (Å²) in [6, 6.07) is 16.8. The molecule has 1 heterocycles. The molecule has 3 nitrogen and oxygen atoms in total. The van der Waals surface area contributed by atoms with Gasteiger partial charge in [-0.15, -0.1) is 0 Å². The highest BCUT2D eigenvalue weighted by Crippen LogP contribution is 2.33. The van der Waals surface area contributed by atoms with E-state index in [2.05, 4.69) is 0 Å². The molecule has 152 valence electrons. The molecule has 0 aliphatic heterocycles. The zero-order valence-corrected chi connectivity index (χ0v) is 18.4. The molecular weight excluding hydrogens is 419 g/mol. The van der Waals surface area contributed by atoms with Crippen LogP contribution < -0.4 is 10.2 Å². The van der Waals surface area contributed by atoms with Crippen LogP contribution in [0.1, 0.15) is 22.3 Å². The highest BCUT2D eigenvalue weighted by atomic mass is 35.5. The van der Waals surface area contributed by atoms with Gasteiger partial charge in [0.05, 0.1) is 5.39 Å². The van der Waals surface area contributed by atoms with Gasteiger partial charge in [0, 0.05) is 21.2 Å². The van der Waals surface area contributed by atoms with Crippen molar-refractivity contribution in [3.05, 3.63) is 97.1 Å². The second-order valence-electron chi connectivity index (χ2n) is 7.44. The Bertz CT molecular complexity index is 1310. The summed E-state index contributed by atoms with van der Waals surface area (Å²) in [5, 5.41) is 1.53. The van der Waals surface area contributed by atoms with Crippen molar-refractivity contribution in [2.24, 2.45) is 0 Å². The van der Waals surface area contributed by atoms with Crippen LogP contribution in [0.2, 0.25) is 10.0 Å². The quantitative estimate of drug-likeness (QED) is 0.336. The highest BCUT2D eigenvalue weighted by molar-refractivity contribution is 6.35. The molecule has 0 atom stereocenters. The van der Waals surface area contributed by atoms with Crippen LogP contribution in [0.25, 0.3) is 22.3 Å². The SMILES string of the molecule is Cc1ccc(-c2oc3c(C)cc(C)cc3c(=O)c2OCc2ccc(Cl)cc2Cl)cc1. The van der Waals surface area contributed by atoms with Gasteiger partial charge in [-0.25, -0.2) is 0 Å². The molecule has 0 aliphatic carbocycles. The predicted octanol–water partition coefficient (Wildman–Crippen LogP) is 7.27. The lowest BCUT2D eigenvalue weighted by atomic mass is 10.0. The minimum absolute atomic E-state index is 0.121. The van der Waals surface area contributed by atoms with Crippen LogP contribution in [0.4, 0.5) is 0 Å². The van der Waals surface area contributed by atoms with Gasteiger partial charge in [0.15, 0.2) is 5.76 Å². The van der Waals surface area contributed by atoms with E-state index in [4.69, 9.17) is 32.4 Å². The van der Waals surface area contributed by atoms with E-state index in [9.17, 15) is 4.79 Å². The van der Waals surface area contributed by atoms with Crippen LogP contribution in [-0.2, 0) is 6.61 Å². The van der Waals surface area contributed by atoms with E-state index in [1.54, 1.807) is 18.2 Å². The summed E-state index contributed by atoms with van der Waals surface area (Å²) in [4.78, 5) is 13.4. The predicted molar refractivity (Wildman–Crippen MR) is 123 cm³/mol. The van der Waals surface area contributed by atoms with Gasteiger partial charge in [-0.1, -0.05) is 65.2 Å².